The predicted molar refractivity (Wildman–Crippen MR) is 85.3 cm³/mol. The average Bonchev–Trinajstić information content (AvgIpc) is 2.71. The van der Waals surface area contributed by atoms with E-state index < -0.39 is 0 Å². The van der Waals surface area contributed by atoms with Crippen LogP contribution in [0.3, 0.4) is 0 Å². The lowest BCUT2D eigenvalue weighted by molar-refractivity contribution is 0.180. The van der Waals surface area contributed by atoms with E-state index in [0.29, 0.717) is 6.10 Å². The van der Waals surface area contributed by atoms with Crippen LogP contribution in [0.4, 0.5) is 0 Å². The zero-order valence-electron chi connectivity index (χ0n) is 13.0. The van der Waals surface area contributed by atoms with Crippen LogP contribution in [0.1, 0.15) is 63.0 Å². The van der Waals surface area contributed by atoms with Gasteiger partial charge in [0.25, 0.3) is 0 Å². The summed E-state index contributed by atoms with van der Waals surface area (Å²) < 4.78 is 6.39. The molecule has 0 aliphatic heterocycles. The fraction of sp³-hybridized carbons (Fsp3) is 0.667. The molecule has 2 heteroatoms. The van der Waals surface area contributed by atoms with Crippen LogP contribution in [-0.4, -0.2) is 12.1 Å². The maximum atomic E-state index is 6.39. The third-order valence-corrected chi connectivity index (χ3v) is 4.39. The summed E-state index contributed by atoms with van der Waals surface area (Å²) in [5, 5.41) is 0. The summed E-state index contributed by atoms with van der Waals surface area (Å²) in [6.45, 7) is 4.29. The van der Waals surface area contributed by atoms with Gasteiger partial charge in [0.2, 0.25) is 0 Å². The Hall–Kier alpha value is -1.02. The molecule has 1 aromatic rings. The molecule has 1 aliphatic carbocycles. The first-order valence-electron chi connectivity index (χ1n) is 8.21. The van der Waals surface area contributed by atoms with Gasteiger partial charge in [0.1, 0.15) is 5.75 Å². The fourth-order valence-electron chi connectivity index (χ4n) is 3.00. The van der Waals surface area contributed by atoms with Crippen molar-refractivity contribution in [2.24, 2.45) is 5.73 Å². The summed E-state index contributed by atoms with van der Waals surface area (Å²) in [5.74, 6) is 1.10. The van der Waals surface area contributed by atoms with Gasteiger partial charge in [0, 0.05) is 6.04 Å². The lowest BCUT2D eigenvalue weighted by Gasteiger charge is -2.22. The van der Waals surface area contributed by atoms with Crippen LogP contribution in [0.15, 0.2) is 18.2 Å². The Morgan fingerprint density at radius 2 is 1.90 bits per heavy atom. The smallest absolute Gasteiger partial charge is 0.125 e. The molecule has 0 aromatic heterocycles. The molecule has 0 bridgehead atoms. The topological polar surface area (TPSA) is 35.2 Å². The Labute approximate surface area is 123 Å². The van der Waals surface area contributed by atoms with Gasteiger partial charge in [-0.15, -0.1) is 0 Å². The molecule has 1 aliphatic rings. The summed E-state index contributed by atoms with van der Waals surface area (Å²) in [4.78, 5) is 0. The minimum atomic E-state index is 0.230. The third kappa shape index (κ3) is 4.24. The molecular weight excluding hydrogens is 246 g/mol. The van der Waals surface area contributed by atoms with E-state index in [4.69, 9.17) is 10.5 Å². The molecule has 2 N–H and O–H groups in total. The van der Waals surface area contributed by atoms with Crippen LogP contribution in [0, 0.1) is 6.92 Å². The summed E-state index contributed by atoms with van der Waals surface area (Å²) in [6, 6.07) is 6.67. The number of ether oxygens (including phenoxy) is 1. The molecule has 1 atom stereocenters. The van der Waals surface area contributed by atoms with Crippen LogP contribution in [0.25, 0.3) is 0 Å². The minimum absolute atomic E-state index is 0.230. The Bertz CT molecular complexity index is 408. The number of rotatable bonds is 5. The molecule has 0 saturated heterocycles. The van der Waals surface area contributed by atoms with Crippen molar-refractivity contribution in [3.8, 4) is 5.75 Å². The molecule has 1 aromatic carbocycles. The standard InChI is InChI=1S/C18H29NO/c1-3-16(19)13-15-10-8-9-14(2)18(15)20-17-11-6-4-5-7-12-17/h8-10,16-17H,3-7,11-13,19H2,1-2H3. The quantitative estimate of drug-likeness (QED) is 0.810. The highest BCUT2D eigenvalue weighted by atomic mass is 16.5. The van der Waals surface area contributed by atoms with Crippen molar-refractivity contribution in [3.05, 3.63) is 29.3 Å². The van der Waals surface area contributed by atoms with Gasteiger partial charge in [0.15, 0.2) is 0 Å². The van der Waals surface area contributed by atoms with Gasteiger partial charge >= 0.3 is 0 Å². The zero-order valence-corrected chi connectivity index (χ0v) is 13.0. The maximum Gasteiger partial charge on any atom is 0.125 e. The second kappa shape index (κ2) is 7.68. The van der Waals surface area contributed by atoms with Crippen LogP contribution >= 0.6 is 0 Å². The van der Waals surface area contributed by atoms with E-state index in [9.17, 15) is 0 Å². The Morgan fingerprint density at radius 3 is 2.55 bits per heavy atom. The molecule has 2 nitrogen and oxygen atoms in total. The summed E-state index contributed by atoms with van der Waals surface area (Å²) >= 11 is 0. The van der Waals surface area contributed by atoms with Crippen LogP contribution in [-0.2, 0) is 6.42 Å². The molecule has 0 amide bonds. The Morgan fingerprint density at radius 1 is 1.20 bits per heavy atom. The van der Waals surface area contributed by atoms with Crippen LogP contribution in [0.5, 0.6) is 5.75 Å². The summed E-state index contributed by atoms with van der Waals surface area (Å²) in [7, 11) is 0. The largest absolute Gasteiger partial charge is 0.490 e. The number of para-hydroxylation sites is 1. The van der Waals surface area contributed by atoms with Crippen molar-refractivity contribution >= 4 is 0 Å². The van der Waals surface area contributed by atoms with Gasteiger partial charge in [-0.05, 0) is 56.6 Å². The Kier molecular flexibility index (Phi) is 5.90. The fourth-order valence-corrected chi connectivity index (χ4v) is 3.00. The van der Waals surface area contributed by atoms with E-state index in [-0.39, 0.29) is 6.04 Å². The summed E-state index contributed by atoms with van der Waals surface area (Å²) in [5.41, 5.74) is 8.65. The molecule has 2 rings (SSSR count). The first-order chi connectivity index (χ1) is 9.70. The van der Waals surface area contributed by atoms with Crippen LogP contribution in [0.2, 0.25) is 0 Å². The number of nitrogens with two attached hydrogens (primary N) is 1. The van der Waals surface area contributed by atoms with Gasteiger partial charge < -0.3 is 10.5 Å². The molecule has 112 valence electrons. The van der Waals surface area contributed by atoms with E-state index in [2.05, 4.69) is 32.0 Å². The van der Waals surface area contributed by atoms with E-state index in [1.807, 2.05) is 0 Å². The van der Waals surface area contributed by atoms with Crippen molar-refractivity contribution in [2.75, 3.05) is 0 Å². The maximum absolute atomic E-state index is 6.39. The second-order valence-electron chi connectivity index (χ2n) is 6.17. The number of hydrogen-bond acceptors (Lipinski definition) is 2. The van der Waals surface area contributed by atoms with Crippen molar-refractivity contribution in [3.63, 3.8) is 0 Å². The second-order valence-corrected chi connectivity index (χ2v) is 6.17. The summed E-state index contributed by atoms with van der Waals surface area (Å²) in [6.07, 6.45) is 10.1. The average molecular weight is 275 g/mol. The molecule has 0 radical (unpaired) electrons. The van der Waals surface area contributed by atoms with E-state index >= 15 is 0 Å². The highest BCUT2D eigenvalue weighted by Gasteiger charge is 2.17. The normalized spacial score (nSPS) is 18.6. The first-order valence-corrected chi connectivity index (χ1v) is 8.21. The Balaban J connectivity index is 2.11. The van der Waals surface area contributed by atoms with Gasteiger partial charge in [-0.25, -0.2) is 0 Å². The van der Waals surface area contributed by atoms with Crippen LogP contribution < -0.4 is 10.5 Å². The third-order valence-electron chi connectivity index (χ3n) is 4.39. The molecule has 1 unspecified atom stereocenters. The predicted octanol–water partition coefficient (Wildman–Crippen LogP) is 4.38. The van der Waals surface area contributed by atoms with Crippen molar-refractivity contribution in [1.82, 2.24) is 0 Å². The van der Waals surface area contributed by atoms with E-state index in [1.54, 1.807) is 0 Å². The van der Waals surface area contributed by atoms with Crippen molar-refractivity contribution in [2.45, 2.75) is 77.4 Å². The minimum Gasteiger partial charge on any atom is -0.490 e. The van der Waals surface area contributed by atoms with E-state index in [0.717, 1.165) is 18.6 Å². The van der Waals surface area contributed by atoms with Gasteiger partial charge in [-0.3, -0.25) is 0 Å². The molecule has 20 heavy (non-hydrogen) atoms. The lowest BCUT2D eigenvalue weighted by Crippen LogP contribution is -2.23. The first kappa shape index (κ1) is 15.4. The van der Waals surface area contributed by atoms with Gasteiger partial charge in [-0.1, -0.05) is 38.0 Å². The molecular formula is C18H29NO. The number of hydrogen-bond donors (Lipinski definition) is 1. The van der Waals surface area contributed by atoms with Gasteiger partial charge in [0.05, 0.1) is 6.10 Å². The molecule has 0 heterocycles. The van der Waals surface area contributed by atoms with Crippen molar-refractivity contribution < 1.29 is 4.74 Å². The van der Waals surface area contributed by atoms with E-state index in [1.165, 1.54) is 49.7 Å². The van der Waals surface area contributed by atoms with Gasteiger partial charge in [-0.2, -0.15) is 0 Å². The zero-order chi connectivity index (χ0) is 14.4. The van der Waals surface area contributed by atoms with Crippen molar-refractivity contribution in [1.29, 1.82) is 0 Å². The molecule has 1 fully saturated rings. The molecule has 1 saturated carbocycles. The highest BCUT2D eigenvalue weighted by molar-refractivity contribution is 5.41. The number of benzene rings is 1. The monoisotopic (exact) mass is 275 g/mol. The highest BCUT2D eigenvalue weighted by Crippen LogP contribution is 2.29. The number of aryl methyl sites for hydroxylation is 1. The molecule has 0 spiro atoms. The SMILES string of the molecule is CCC(N)Cc1cccc(C)c1OC1CCCCCC1. The lowest BCUT2D eigenvalue weighted by atomic mass is 10.0.